The third kappa shape index (κ3) is 5.98. The van der Waals surface area contributed by atoms with E-state index in [0.29, 0.717) is 16.7 Å². The predicted molar refractivity (Wildman–Crippen MR) is 125 cm³/mol. The molecule has 6 rings (SSSR count). The van der Waals surface area contributed by atoms with E-state index in [4.69, 9.17) is 9.90 Å². The number of nitrogens with zero attached hydrogens (tertiary/aromatic N) is 2. The Labute approximate surface area is 206 Å². The van der Waals surface area contributed by atoms with Gasteiger partial charge in [0.25, 0.3) is 0 Å². The molecule has 0 N–H and O–H groups in total. The van der Waals surface area contributed by atoms with Crippen LogP contribution in [-0.2, 0) is 20.1 Å². The monoisotopic (exact) mass is 597 g/mol. The van der Waals surface area contributed by atoms with E-state index in [2.05, 4.69) is 22.1 Å². The molecule has 3 aromatic heterocycles. The molecule has 0 spiro atoms. The number of benzene rings is 3. The second-order valence-corrected chi connectivity index (χ2v) is 6.24. The number of hydrogen-bond acceptors (Lipinski definition) is 3. The maximum atomic E-state index is 8.10. The van der Waals surface area contributed by atoms with Crippen LogP contribution < -0.4 is 0 Å². The van der Waals surface area contributed by atoms with Crippen molar-refractivity contribution >= 4 is 21.9 Å². The van der Waals surface area contributed by atoms with Crippen LogP contribution in [-0.4, -0.2) is 9.97 Å². The van der Waals surface area contributed by atoms with Gasteiger partial charge in [0, 0.05) is 38.7 Å². The molecule has 0 bridgehead atoms. The van der Waals surface area contributed by atoms with E-state index in [1.54, 1.807) is 24.5 Å². The van der Waals surface area contributed by atoms with Crippen molar-refractivity contribution in [1.82, 2.24) is 9.97 Å². The summed E-state index contributed by atoms with van der Waals surface area (Å²) in [6, 6.07) is 31.4. The van der Waals surface area contributed by atoms with Crippen molar-refractivity contribution in [3.63, 3.8) is 0 Å². The molecule has 159 valence electrons. The maximum absolute atomic E-state index is 8.10. The second-order valence-electron chi connectivity index (χ2n) is 6.24. The van der Waals surface area contributed by atoms with Crippen LogP contribution in [0, 0.1) is 12.1 Å². The van der Waals surface area contributed by atoms with Crippen molar-refractivity contribution < 1.29 is 30.0 Å². The van der Waals surface area contributed by atoms with Crippen LogP contribution in [0.5, 0.6) is 0 Å². The molecule has 3 nitrogen and oxygen atoms in total. The molecule has 0 saturated heterocycles. The summed E-state index contributed by atoms with van der Waals surface area (Å²) < 4.78 is 37.1. The summed E-state index contributed by atoms with van der Waals surface area (Å²) in [4.78, 5) is 7.82. The molecule has 3 aromatic carbocycles. The minimum Gasteiger partial charge on any atom is -0.476 e. The minimum absolute atomic E-state index is 0. The Hall–Kier alpha value is -3.59. The predicted octanol–water partition coefficient (Wildman–Crippen LogP) is 7.01. The molecule has 3 heterocycles. The number of hydrogen-bond donors (Lipinski definition) is 0. The summed E-state index contributed by atoms with van der Waals surface area (Å²) in [5.41, 5.74) is 2.03. The molecule has 6 aromatic rings. The molecule has 4 heteroatoms. The third-order valence-corrected chi connectivity index (χ3v) is 4.21. The number of furan rings is 1. The SMILES string of the molecule is [2H]c1nc(-c2[c-]ccc3oc4ccccc4c23)c([2H])c([2H])c1[2H].[Ir].[c-]1ccccc1.c1ccncc1. The molecule has 0 saturated carbocycles. The zero-order chi connectivity index (χ0) is 24.6. The van der Waals surface area contributed by atoms with E-state index in [0.717, 1.165) is 10.8 Å². The Kier molecular flexibility index (Phi) is 6.93. The van der Waals surface area contributed by atoms with Gasteiger partial charge >= 0.3 is 0 Å². The molecular formula is C28H20IrN2O-2. The van der Waals surface area contributed by atoms with Crippen LogP contribution in [0.1, 0.15) is 5.48 Å². The first-order chi connectivity index (χ1) is 17.1. The van der Waals surface area contributed by atoms with Gasteiger partial charge in [-0.2, -0.15) is 36.4 Å². The van der Waals surface area contributed by atoms with Gasteiger partial charge in [0.1, 0.15) is 5.58 Å². The first kappa shape index (κ1) is 18.0. The van der Waals surface area contributed by atoms with Crippen molar-refractivity contribution in [3.05, 3.63) is 134 Å². The molecule has 0 unspecified atom stereocenters. The van der Waals surface area contributed by atoms with Crippen molar-refractivity contribution in [2.24, 2.45) is 0 Å². The van der Waals surface area contributed by atoms with Crippen LogP contribution >= 0.6 is 0 Å². The molecular weight excluding hydrogens is 573 g/mol. The van der Waals surface area contributed by atoms with E-state index in [1.807, 2.05) is 72.8 Å². The maximum Gasteiger partial charge on any atom is 0.123 e. The topological polar surface area (TPSA) is 38.9 Å². The fraction of sp³-hybridized carbons (Fsp3) is 0. The van der Waals surface area contributed by atoms with Crippen molar-refractivity contribution in [2.75, 3.05) is 0 Å². The first-order valence-corrected chi connectivity index (χ1v) is 9.60. The van der Waals surface area contributed by atoms with Gasteiger partial charge < -0.3 is 9.40 Å². The quantitative estimate of drug-likeness (QED) is 0.192. The third-order valence-electron chi connectivity index (χ3n) is 4.21. The Morgan fingerprint density at radius 3 is 2.22 bits per heavy atom. The van der Waals surface area contributed by atoms with E-state index in [-0.39, 0.29) is 50.1 Å². The van der Waals surface area contributed by atoms with Gasteiger partial charge in [0.15, 0.2) is 0 Å². The van der Waals surface area contributed by atoms with Crippen LogP contribution in [0.25, 0.3) is 33.2 Å². The number of fused-ring (bicyclic) bond motifs is 3. The van der Waals surface area contributed by atoms with Gasteiger partial charge in [-0.15, -0.1) is 17.7 Å². The fourth-order valence-electron chi connectivity index (χ4n) is 2.90. The number of pyridine rings is 2. The van der Waals surface area contributed by atoms with E-state index in [1.165, 1.54) is 0 Å². The standard InChI is InChI=1S/C17H10NO.C6H5.C5H5N.Ir/c1-2-9-15-13(6-1)17-12(7-5-10-16(17)19-15)14-8-3-4-11-18-14;2*1-2-4-6-5-3-1;/h1-6,8-11H;2*1-5H;/q2*-1;;/i3D,4D,8D,11D;;;. The summed E-state index contributed by atoms with van der Waals surface area (Å²) in [6.45, 7) is 0. The molecule has 0 amide bonds. The summed E-state index contributed by atoms with van der Waals surface area (Å²) in [6.07, 6.45) is 3.18. The molecule has 0 aliphatic carbocycles. The van der Waals surface area contributed by atoms with Crippen molar-refractivity contribution in [3.8, 4) is 11.3 Å². The Morgan fingerprint density at radius 1 is 0.781 bits per heavy atom. The number of para-hydroxylation sites is 1. The summed E-state index contributed by atoms with van der Waals surface area (Å²) >= 11 is 0. The summed E-state index contributed by atoms with van der Waals surface area (Å²) in [7, 11) is 0. The molecule has 32 heavy (non-hydrogen) atoms. The van der Waals surface area contributed by atoms with Crippen LogP contribution in [0.3, 0.4) is 0 Å². The fourth-order valence-corrected chi connectivity index (χ4v) is 2.90. The van der Waals surface area contributed by atoms with Crippen molar-refractivity contribution in [2.45, 2.75) is 0 Å². The minimum atomic E-state index is -0.344. The van der Waals surface area contributed by atoms with Crippen LogP contribution in [0.2, 0.25) is 0 Å². The second kappa shape index (κ2) is 12.3. The average Bonchev–Trinajstić information content (AvgIpc) is 3.31. The van der Waals surface area contributed by atoms with Crippen LogP contribution in [0.15, 0.2) is 126 Å². The zero-order valence-electron chi connectivity index (χ0n) is 20.9. The zero-order valence-corrected chi connectivity index (χ0v) is 19.3. The van der Waals surface area contributed by atoms with E-state index >= 15 is 0 Å². The Balaban J connectivity index is 0.000000228. The first-order valence-electron chi connectivity index (χ1n) is 11.6. The molecule has 0 atom stereocenters. The Morgan fingerprint density at radius 2 is 1.56 bits per heavy atom. The number of rotatable bonds is 1. The summed E-state index contributed by atoms with van der Waals surface area (Å²) in [5.74, 6) is 0. The van der Waals surface area contributed by atoms with Crippen LogP contribution in [0.4, 0.5) is 0 Å². The molecule has 0 aliphatic heterocycles. The molecule has 0 fully saturated rings. The van der Waals surface area contributed by atoms with Gasteiger partial charge in [-0.3, -0.25) is 4.98 Å². The van der Waals surface area contributed by atoms with Gasteiger partial charge in [-0.25, -0.2) is 0 Å². The normalized spacial score (nSPS) is 11.4. The smallest absolute Gasteiger partial charge is 0.123 e. The van der Waals surface area contributed by atoms with Gasteiger partial charge in [0.2, 0.25) is 0 Å². The van der Waals surface area contributed by atoms with Gasteiger partial charge in [-0.1, -0.05) is 47.8 Å². The Bertz CT molecular complexity index is 1460. The summed E-state index contributed by atoms with van der Waals surface area (Å²) in [5, 5.41) is 1.61. The average molecular weight is 597 g/mol. The van der Waals surface area contributed by atoms with Crippen molar-refractivity contribution in [1.29, 1.82) is 0 Å². The molecule has 1 radical (unpaired) electrons. The van der Waals surface area contributed by atoms with Gasteiger partial charge in [0.05, 0.1) is 11.1 Å². The molecule has 0 aliphatic rings. The van der Waals surface area contributed by atoms with E-state index in [9.17, 15) is 0 Å². The largest absolute Gasteiger partial charge is 0.476 e. The van der Waals surface area contributed by atoms with Gasteiger partial charge in [-0.05, 0) is 35.3 Å². The number of aromatic nitrogens is 2. The van der Waals surface area contributed by atoms with E-state index < -0.39 is 0 Å².